The first-order valence-electron chi connectivity index (χ1n) is 3.61. The lowest BCUT2D eigenvalue weighted by atomic mass is 9.97. The number of hydrogen-bond acceptors (Lipinski definition) is 3. The molecule has 1 saturated heterocycles. The van der Waals surface area contributed by atoms with Gasteiger partial charge in [0.15, 0.2) is 0 Å². The van der Waals surface area contributed by atoms with Crippen molar-refractivity contribution in [3.63, 3.8) is 0 Å². The predicted molar refractivity (Wildman–Crippen MR) is 34.7 cm³/mol. The normalized spacial score (nSPS) is 23.9. The van der Waals surface area contributed by atoms with Crippen LogP contribution in [0.1, 0.15) is 12.8 Å². The van der Waals surface area contributed by atoms with Gasteiger partial charge >= 0.3 is 5.97 Å². The van der Waals surface area contributed by atoms with Gasteiger partial charge in [-0.1, -0.05) is 0 Å². The van der Waals surface area contributed by atoms with Crippen molar-refractivity contribution < 1.29 is 23.1 Å². The zero-order chi connectivity index (χ0) is 9.14. The zero-order valence-electron chi connectivity index (χ0n) is 6.26. The summed E-state index contributed by atoms with van der Waals surface area (Å²) in [6.45, 7) is 0.228. The van der Waals surface area contributed by atoms with E-state index in [0.717, 1.165) is 0 Å². The predicted octanol–water partition coefficient (Wildman–Crippen LogP) is 0.774. The number of hydrogen-bond donors (Lipinski definition) is 0. The molecule has 12 heavy (non-hydrogen) atoms. The third kappa shape index (κ3) is 1.78. The van der Waals surface area contributed by atoms with Gasteiger partial charge in [-0.2, -0.15) is 0 Å². The molecule has 0 aromatic heterocycles. The van der Waals surface area contributed by atoms with E-state index >= 15 is 0 Å². The molecule has 68 valence electrons. The average Bonchev–Trinajstić information content (AvgIpc) is 2.04. The van der Waals surface area contributed by atoms with Gasteiger partial charge in [0.25, 0.3) is 6.43 Å². The fraction of sp³-hybridized carbons (Fsp3) is 0.714. The quantitative estimate of drug-likeness (QED) is 0.463. The highest BCUT2D eigenvalue weighted by molar-refractivity contribution is 6.00. The number of carbonyl (C=O) groups is 2. The number of ether oxygens (including phenoxy) is 1. The van der Waals surface area contributed by atoms with Crippen LogP contribution < -0.4 is 0 Å². The minimum atomic E-state index is -3.07. The van der Waals surface area contributed by atoms with E-state index in [1.807, 2.05) is 0 Å². The van der Waals surface area contributed by atoms with Crippen LogP contribution in [0.2, 0.25) is 0 Å². The standard InChI is InChI=1S/C7H8F2O3/c8-6(9)5(10)4-2-1-3-12-7(4)11/h4,6H,1-3H2. The van der Waals surface area contributed by atoms with E-state index in [-0.39, 0.29) is 13.0 Å². The average molecular weight is 178 g/mol. The Bertz CT molecular complexity index is 203. The number of cyclic esters (lactones) is 1. The first-order valence-corrected chi connectivity index (χ1v) is 3.61. The molecule has 1 heterocycles. The molecule has 0 aromatic rings. The minimum absolute atomic E-state index is 0.183. The van der Waals surface area contributed by atoms with Crippen LogP contribution in [0.4, 0.5) is 8.78 Å². The molecule has 3 nitrogen and oxygen atoms in total. The Hall–Kier alpha value is -1.00. The maximum atomic E-state index is 11.8. The number of esters is 1. The Morgan fingerprint density at radius 2 is 2.25 bits per heavy atom. The van der Waals surface area contributed by atoms with Gasteiger partial charge in [-0.15, -0.1) is 0 Å². The van der Waals surface area contributed by atoms with Crippen LogP contribution in [-0.4, -0.2) is 24.8 Å². The fourth-order valence-corrected chi connectivity index (χ4v) is 1.09. The minimum Gasteiger partial charge on any atom is -0.465 e. The molecule has 1 fully saturated rings. The van der Waals surface area contributed by atoms with Crippen LogP contribution in [0.5, 0.6) is 0 Å². The molecule has 1 aliphatic rings. The third-order valence-corrected chi connectivity index (χ3v) is 1.72. The van der Waals surface area contributed by atoms with Crippen molar-refractivity contribution in [1.82, 2.24) is 0 Å². The number of rotatable bonds is 2. The molecule has 0 bridgehead atoms. The zero-order valence-corrected chi connectivity index (χ0v) is 6.26. The second kappa shape index (κ2) is 3.60. The van der Waals surface area contributed by atoms with Gasteiger partial charge in [0, 0.05) is 0 Å². The van der Waals surface area contributed by atoms with Gasteiger partial charge in [0.1, 0.15) is 5.92 Å². The number of carbonyl (C=O) groups excluding carboxylic acids is 2. The SMILES string of the molecule is O=C1OCCCC1C(=O)C(F)F. The molecule has 0 aliphatic carbocycles. The summed E-state index contributed by atoms with van der Waals surface area (Å²) < 4.78 is 28.1. The summed E-state index contributed by atoms with van der Waals surface area (Å²) in [4.78, 5) is 21.4. The van der Waals surface area contributed by atoms with Crippen molar-refractivity contribution in [2.75, 3.05) is 6.61 Å². The van der Waals surface area contributed by atoms with Crippen molar-refractivity contribution in [2.45, 2.75) is 19.3 Å². The van der Waals surface area contributed by atoms with E-state index in [1.165, 1.54) is 0 Å². The summed E-state index contributed by atoms with van der Waals surface area (Å²) in [6, 6.07) is 0. The Morgan fingerprint density at radius 1 is 1.58 bits per heavy atom. The second-order valence-corrected chi connectivity index (χ2v) is 2.57. The van der Waals surface area contributed by atoms with Gasteiger partial charge in [-0.05, 0) is 12.8 Å². The number of ketones is 1. The molecule has 0 aromatic carbocycles. The third-order valence-electron chi connectivity index (χ3n) is 1.72. The van der Waals surface area contributed by atoms with Gasteiger partial charge in [0.05, 0.1) is 6.61 Å². The topological polar surface area (TPSA) is 43.4 Å². The van der Waals surface area contributed by atoms with E-state index in [9.17, 15) is 18.4 Å². The lowest BCUT2D eigenvalue weighted by molar-refractivity contribution is -0.159. The van der Waals surface area contributed by atoms with E-state index in [4.69, 9.17) is 0 Å². The van der Waals surface area contributed by atoms with Crippen molar-refractivity contribution in [3.8, 4) is 0 Å². The number of Topliss-reactive ketones (excluding diaryl/α,β-unsaturated/α-hetero) is 1. The second-order valence-electron chi connectivity index (χ2n) is 2.57. The maximum absolute atomic E-state index is 11.8. The van der Waals surface area contributed by atoms with Crippen LogP contribution >= 0.6 is 0 Å². The molecular formula is C7H8F2O3. The molecule has 0 radical (unpaired) electrons. The Labute approximate surface area is 67.7 Å². The van der Waals surface area contributed by atoms with Crippen LogP contribution in [0.15, 0.2) is 0 Å². The van der Waals surface area contributed by atoms with Crippen LogP contribution in [0.25, 0.3) is 0 Å². The van der Waals surface area contributed by atoms with Crippen molar-refractivity contribution >= 4 is 11.8 Å². The monoisotopic (exact) mass is 178 g/mol. The van der Waals surface area contributed by atoms with Gasteiger partial charge in [-0.3, -0.25) is 9.59 Å². The first kappa shape index (κ1) is 9.09. The van der Waals surface area contributed by atoms with Gasteiger partial charge < -0.3 is 4.74 Å². The highest BCUT2D eigenvalue weighted by atomic mass is 19.3. The van der Waals surface area contributed by atoms with E-state index in [0.29, 0.717) is 6.42 Å². The van der Waals surface area contributed by atoms with E-state index < -0.39 is 24.1 Å². The lowest BCUT2D eigenvalue weighted by Gasteiger charge is -2.18. The summed E-state index contributed by atoms with van der Waals surface area (Å²) in [5, 5.41) is 0. The summed E-state index contributed by atoms with van der Waals surface area (Å²) in [5.74, 6) is -3.37. The molecular weight excluding hydrogens is 170 g/mol. The first-order chi connectivity index (χ1) is 5.63. The van der Waals surface area contributed by atoms with Crippen LogP contribution in [0.3, 0.4) is 0 Å². The van der Waals surface area contributed by atoms with E-state index in [2.05, 4.69) is 4.74 Å². The molecule has 1 aliphatic heterocycles. The Balaban J connectivity index is 2.60. The molecule has 0 saturated carbocycles. The molecule has 0 N–H and O–H groups in total. The smallest absolute Gasteiger partial charge is 0.316 e. The molecule has 5 heteroatoms. The molecule has 0 amide bonds. The summed E-state index contributed by atoms with van der Waals surface area (Å²) in [6.07, 6.45) is -2.41. The van der Waals surface area contributed by atoms with Crippen LogP contribution in [0, 0.1) is 5.92 Å². The summed E-state index contributed by atoms with van der Waals surface area (Å²) in [7, 11) is 0. The van der Waals surface area contributed by atoms with Crippen molar-refractivity contribution in [3.05, 3.63) is 0 Å². The van der Waals surface area contributed by atoms with E-state index in [1.54, 1.807) is 0 Å². The largest absolute Gasteiger partial charge is 0.465 e. The summed E-state index contributed by atoms with van der Waals surface area (Å²) in [5.41, 5.74) is 0. The molecule has 1 atom stereocenters. The Kier molecular flexibility index (Phi) is 2.73. The lowest BCUT2D eigenvalue weighted by Crippen LogP contribution is -2.34. The molecule has 0 spiro atoms. The molecule has 1 unspecified atom stereocenters. The van der Waals surface area contributed by atoms with Crippen molar-refractivity contribution in [2.24, 2.45) is 5.92 Å². The highest BCUT2D eigenvalue weighted by Crippen LogP contribution is 2.18. The maximum Gasteiger partial charge on any atom is 0.316 e. The van der Waals surface area contributed by atoms with Crippen molar-refractivity contribution in [1.29, 1.82) is 0 Å². The van der Waals surface area contributed by atoms with Gasteiger partial charge in [-0.25, -0.2) is 8.78 Å². The fourth-order valence-electron chi connectivity index (χ4n) is 1.09. The molecule has 1 rings (SSSR count). The highest BCUT2D eigenvalue weighted by Gasteiger charge is 2.35. The Morgan fingerprint density at radius 3 is 2.75 bits per heavy atom. The van der Waals surface area contributed by atoms with Crippen LogP contribution in [-0.2, 0) is 14.3 Å². The number of alkyl halides is 2. The summed E-state index contributed by atoms with van der Waals surface area (Å²) >= 11 is 0. The number of halogens is 2. The van der Waals surface area contributed by atoms with Gasteiger partial charge in [0.2, 0.25) is 5.78 Å².